The average Bonchev–Trinajstić information content (AvgIpc) is 2.65. The second-order valence-electron chi connectivity index (χ2n) is 5.19. The van der Waals surface area contributed by atoms with Gasteiger partial charge in [-0.25, -0.2) is 4.79 Å². The van der Waals surface area contributed by atoms with E-state index in [1.54, 1.807) is 24.4 Å². The SMILES string of the molecule is CC(C)(C)OC(=O)n1cc(I)c2c(C=O)cccc21. The highest BCUT2D eigenvalue weighted by atomic mass is 127. The van der Waals surface area contributed by atoms with Gasteiger partial charge in [0.25, 0.3) is 0 Å². The fraction of sp³-hybridized carbons (Fsp3) is 0.286. The lowest BCUT2D eigenvalue weighted by molar-refractivity contribution is 0.0544. The normalized spacial score (nSPS) is 11.6. The summed E-state index contributed by atoms with van der Waals surface area (Å²) in [6.07, 6.45) is 2.04. The van der Waals surface area contributed by atoms with Gasteiger partial charge in [0.05, 0.1) is 5.52 Å². The van der Waals surface area contributed by atoms with Crippen molar-refractivity contribution in [3.63, 3.8) is 0 Å². The lowest BCUT2D eigenvalue weighted by atomic mass is 10.1. The Kier molecular flexibility index (Phi) is 3.66. The highest BCUT2D eigenvalue weighted by Crippen LogP contribution is 2.26. The van der Waals surface area contributed by atoms with E-state index in [2.05, 4.69) is 22.6 Å². The molecule has 0 spiro atoms. The van der Waals surface area contributed by atoms with E-state index in [0.717, 1.165) is 15.2 Å². The standard InChI is InChI=1S/C14H14INO3/c1-14(2,3)19-13(18)16-7-10(15)12-9(8-17)5-4-6-11(12)16/h4-8H,1-3H3. The van der Waals surface area contributed by atoms with Crippen molar-refractivity contribution in [3.8, 4) is 0 Å². The van der Waals surface area contributed by atoms with Crippen LogP contribution in [0.15, 0.2) is 24.4 Å². The molecule has 2 aromatic rings. The van der Waals surface area contributed by atoms with Crippen molar-refractivity contribution in [2.45, 2.75) is 26.4 Å². The van der Waals surface area contributed by atoms with Gasteiger partial charge in [-0.15, -0.1) is 0 Å². The van der Waals surface area contributed by atoms with Crippen LogP contribution in [0, 0.1) is 3.57 Å². The molecule has 5 heteroatoms. The van der Waals surface area contributed by atoms with Crippen LogP contribution in [0.5, 0.6) is 0 Å². The molecule has 0 saturated heterocycles. The van der Waals surface area contributed by atoms with Crippen molar-refractivity contribution in [2.24, 2.45) is 0 Å². The Morgan fingerprint density at radius 1 is 1.37 bits per heavy atom. The Morgan fingerprint density at radius 3 is 2.63 bits per heavy atom. The highest BCUT2D eigenvalue weighted by molar-refractivity contribution is 14.1. The van der Waals surface area contributed by atoms with Gasteiger partial charge in [-0.05, 0) is 49.4 Å². The summed E-state index contributed by atoms with van der Waals surface area (Å²) in [7, 11) is 0. The van der Waals surface area contributed by atoms with E-state index in [-0.39, 0.29) is 0 Å². The van der Waals surface area contributed by atoms with Crippen molar-refractivity contribution < 1.29 is 14.3 Å². The summed E-state index contributed by atoms with van der Waals surface area (Å²) in [6.45, 7) is 5.45. The molecule has 1 aromatic heterocycles. The maximum Gasteiger partial charge on any atom is 0.419 e. The summed E-state index contributed by atoms with van der Waals surface area (Å²) in [5.41, 5.74) is 0.703. The number of carbonyl (C=O) groups is 2. The van der Waals surface area contributed by atoms with E-state index < -0.39 is 11.7 Å². The van der Waals surface area contributed by atoms with E-state index >= 15 is 0 Å². The molecule has 1 heterocycles. The number of ether oxygens (including phenoxy) is 1. The number of carbonyl (C=O) groups excluding carboxylic acids is 2. The van der Waals surface area contributed by atoms with Gasteiger partial charge in [-0.3, -0.25) is 9.36 Å². The molecule has 0 aliphatic heterocycles. The molecule has 0 radical (unpaired) electrons. The summed E-state index contributed by atoms with van der Waals surface area (Å²) < 4.78 is 7.64. The first kappa shape index (κ1) is 14.0. The second kappa shape index (κ2) is 4.96. The first-order valence-corrected chi connectivity index (χ1v) is 6.89. The minimum atomic E-state index is -0.554. The van der Waals surface area contributed by atoms with Crippen LogP contribution in [-0.2, 0) is 4.74 Å². The van der Waals surface area contributed by atoms with Crippen LogP contribution in [0.3, 0.4) is 0 Å². The van der Waals surface area contributed by atoms with E-state index in [0.29, 0.717) is 11.1 Å². The smallest absolute Gasteiger partial charge is 0.419 e. The van der Waals surface area contributed by atoms with Crippen LogP contribution in [0.4, 0.5) is 4.79 Å². The van der Waals surface area contributed by atoms with Crippen LogP contribution in [-0.4, -0.2) is 22.5 Å². The van der Waals surface area contributed by atoms with Gasteiger partial charge in [0, 0.05) is 20.7 Å². The average molecular weight is 371 g/mol. The van der Waals surface area contributed by atoms with Crippen molar-refractivity contribution in [3.05, 3.63) is 33.5 Å². The quantitative estimate of drug-likeness (QED) is 0.565. The Morgan fingerprint density at radius 2 is 2.05 bits per heavy atom. The summed E-state index contributed by atoms with van der Waals surface area (Å²) in [6, 6.07) is 5.29. The van der Waals surface area contributed by atoms with E-state index in [4.69, 9.17) is 4.74 Å². The van der Waals surface area contributed by atoms with Gasteiger partial charge in [0.1, 0.15) is 5.60 Å². The number of aromatic nitrogens is 1. The fourth-order valence-electron chi connectivity index (χ4n) is 1.83. The van der Waals surface area contributed by atoms with Crippen LogP contribution < -0.4 is 0 Å². The Hall–Kier alpha value is -1.37. The lowest BCUT2D eigenvalue weighted by Crippen LogP contribution is -2.26. The van der Waals surface area contributed by atoms with Gasteiger partial charge in [-0.1, -0.05) is 12.1 Å². The Balaban J connectivity index is 2.57. The maximum absolute atomic E-state index is 12.1. The van der Waals surface area contributed by atoms with Crippen molar-refractivity contribution in [1.29, 1.82) is 0 Å². The van der Waals surface area contributed by atoms with Crippen LogP contribution in [0.2, 0.25) is 0 Å². The molecule has 0 amide bonds. The third kappa shape index (κ3) is 2.80. The number of hydrogen-bond acceptors (Lipinski definition) is 3. The number of aldehydes is 1. The Bertz CT molecular complexity index is 652. The molecule has 100 valence electrons. The van der Waals surface area contributed by atoms with Crippen LogP contribution >= 0.6 is 22.6 Å². The number of benzene rings is 1. The first-order chi connectivity index (χ1) is 8.83. The van der Waals surface area contributed by atoms with Crippen molar-refractivity contribution in [1.82, 2.24) is 4.57 Å². The number of nitrogens with zero attached hydrogens (tertiary/aromatic N) is 1. The molecule has 2 rings (SSSR count). The van der Waals surface area contributed by atoms with E-state index in [1.807, 2.05) is 20.8 Å². The molecule has 0 bridgehead atoms. The fourth-order valence-corrected chi connectivity index (χ4v) is 2.69. The number of fused-ring (bicyclic) bond motifs is 1. The van der Waals surface area contributed by atoms with Gasteiger partial charge >= 0.3 is 6.09 Å². The molecule has 1 aromatic carbocycles. The second-order valence-corrected chi connectivity index (χ2v) is 6.35. The molecule has 19 heavy (non-hydrogen) atoms. The van der Waals surface area contributed by atoms with Gasteiger partial charge < -0.3 is 4.74 Å². The summed E-state index contributed by atoms with van der Waals surface area (Å²) in [5.74, 6) is 0. The molecule has 0 saturated carbocycles. The predicted molar refractivity (Wildman–Crippen MR) is 81.7 cm³/mol. The summed E-state index contributed by atoms with van der Waals surface area (Å²) >= 11 is 2.11. The molecule has 0 N–H and O–H groups in total. The molecular formula is C14H14INO3. The highest BCUT2D eigenvalue weighted by Gasteiger charge is 2.21. The summed E-state index contributed by atoms with van der Waals surface area (Å²) in [4.78, 5) is 23.2. The molecular weight excluding hydrogens is 357 g/mol. The third-order valence-electron chi connectivity index (χ3n) is 2.53. The van der Waals surface area contributed by atoms with Crippen LogP contribution in [0.25, 0.3) is 10.9 Å². The molecule has 0 aliphatic rings. The maximum atomic E-state index is 12.1. The minimum Gasteiger partial charge on any atom is -0.443 e. The minimum absolute atomic E-state index is 0.441. The first-order valence-electron chi connectivity index (χ1n) is 5.81. The van der Waals surface area contributed by atoms with Crippen molar-refractivity contribution in [2.75, 3.05) is 0 Å². The zero-order valence-electron chi connectivity index (χ0n) is 10.9. The zero-order chi connectivity index (χ0) is 14.2. The summed E-state index contributed by atoms with van der Waals surface area (Å²) in [5, 5.41) is 0.781. The van der Waals surface area contributed by atoms with Gasteiger partial charge in [-0.2, -0.15) is 0 Å². The zero-order valence-corrected chi connectivity index (χ0v) is 13.1. The predicted octanol–water partition coefficient (Wildman–Crippen LogP) is 3.84. The number of rotatable bonds is 1. The van der Waals surface area contributed by atoms with Crippen molar-refractivity contribution >= 4 is 45.9 Å². The van der Waals surface area contributed by atoms with Gasteiger partial charge in [0.15, 0.2) is 6.29 Å². The molecule has 0 unspecified atom stereocenters. The number of halogens is 1. The Labute approximate surface area is 124 Å². The molecule has 0 aliphatic carbocycles. The lowest BCUT2D eigenvalue weighted by Gasteiger charge is -2.19. The largest absolute Gasteiger partial charge is 0.443 e. The molecule has 0 atom stereocenters. The number of hydrogen-bond donors (Lipinski definition) is 0. The topological polar surface area (TPSA) is 48.3 Å². The monoisotopic (exact) mass is 371 g/mol. The van der Waals surface area contributed by atoms with E-state index in [9.17, 15) is 9.59 Å². The molecule has 0 fully saturated rings. The van der Waals surface area contributed by atoms with Gasteiger partial charge in [0.2, 0.25) is 0 Å². The third-order valence-corrected chi connectivity index (χ3v) is 3.35. The van der Waals surface area contributed by atoms with Crippen LogP contribution in [0.1, 0.15) is 31.1 Å². The van der Waals surface area contributed by atoms with E-state index in [1.165, 1.54) is 4.57 Å². The molecule has 4 nitrogen and oxygen atoms in total.